The lowest BCUT2D eigenvalue weighted by Gasteiger charge is -2.21. The highest BCUT2D eigenvalue weighted by molar-refractivity contribution is 5.92. The molecule has 2 aromatic rings. The average molecular weight is 325 g/mol. The van der Waals surface area contributed by atoms with Crippen molar-refractivity contribution in [3.05, 3.63) is 71.6 Å². The first-order valence-electron chi connectivity index (χ1n) is 8.03. The Morgan fingerprint density at radius 3 is 2.42 bits per heavy atom. The van der Waals surface area contributed by atoms with Gasteiger partial charge in [-0.25, -0.2) is 4.39 Å². The zero-order valence-corrected chi connectivity index (χ0v) is 13.6. The van der Waals surface area contributed by atoms with Crippen LogP contribution in [0.1, 0.15) is 24.0 Å². The molecule has 124 valence electrons. The molecule has 0 aromatic heterocycles. The Kier molecular flexibility index (Phi) is 4.94. The molecule has 0 bridgehead atoms. The van der Waals surface area contributed by atoms with Crippen LogP contribution in [-0.2, 0) is 11.3 Å². The van der Waals surface area contributed by atoms with E-state index in [1.807, 2.05) is 29.2 Å². The second-order valence-corrected chi connectivity index (χ2v) is 5.93. The number of nitrogens with zero attached hydrogens (tertiary/aromatic N) is 1. The quantitative estimate of drug-likeness (QED) is 0.750. The predicted molar refractivity (Wildman–Crippen MR) is 92.0 cm³/mol. The van der Waals surface area contributed by atoms with Crippen LogP contribution in [0.2, 0.25) is 0 Å². The summed E-state index contributed by atoms with van der Waals surface area (Å²) in [6.45, 7) is 0.585. The number of methoxy groups -OCH3 is 1. The maximum Gasteiger partial charge on any atom is 0.247 e. The molecule has 0 radical (unpaired) electrons. The minimum Gasteiger partial charge on any atom is -0.497 e. The minimum absolute atomic E-state index is 0.0161. The monoisotopic (exact) mass is 325 g/mol. The summed E-state index contributed by atoms with van der Waals surface area (Å²) in [6.07, 6.45) is 5.39. The van der Waals surface area contributed by atoms with Crippen molar-refractivity contribution in [1.82, 2.24) is 4.90 Å². The molecule has 0 aliphatic heterocycles. The summed E-state index contributed by atoms with van der Waals surface area (Å²) >= 11 is 0. The molecule has 1 fully saturated rings. The Morgan fingerprint density at radius 2 is 1.83 bits per heavy atom. The van der Waals surface area contributed by atoms with Crippen LogP contribution in [0.25, 0.3) is 6.08 Å². The van der Waals surface area contributed by atoms with Crippen molar-refractivity contribution in [2.75, 3.05) is 7.11 Å². The van der Waals surface area contributed by atoms with E-state index in [2.05, 4.69) is 0 Å². The fourth-order valence-electron chi connectivity index (χ4n) is 2.54. The highest BCUT2D eigenvalue weighted by Crippen LogP contribution is 2.29. The molecule has 0 heterocycles. The van der Waals surface area contributed by atoms with Crippen LogP contribution >= 0.6 is 0 Å². The Labute approximate surface area is 141 Å². The largest absolute Gasteiger partial charge is 0.497 e. The average Bonchev–Trinajstić information content (AvgIpc) is 3.44. The Hall–Kier alpha value is -2.62. The van der Waals surface area contributed by atoms with Gasteiger partial charge in [-0.2, -0.15) is 0 Å². The van der Waals surface area contributed by atoms with Gasteiger partial charge in [0.25, 0.3) is 0 Å². The normalized spacial score (nSPS) is 13.9. The van der Waals surface area contributed by atoms with E-state index >= 15 is 0 Å². The van der Waals surface area contributed by atoms with Gasteiger partial charge in [0.2, 0.25) is 5.91 Å². The van der Waals surface area contributed by atoms with Crippen LogP contribution in [0.15, 0.2) is 54.6 Å². The van der Waals surface area contributed by atoms with Crippen molar-refractivity contribution in [1.29, 1.82) is 0 Å². The van der Waals surface area contributed by atoms with E-state index in [9.17, 15) is 9.18 Å². The van der Waals surface area contributed by atoms with Crippen LogP contribution < -0.4 is 4.74 Å². The van der Waals surface area contributed by atoms with Crippen molar-refractivity contribution in [2.24, 2.45) is 0 Å². The van der Waals surface area contributed by atoms with Gasteiger partial charge in [0.05, 0.1) is 7.11 Å². The lowest BCUT2D eigenvalue weighted by Crippen LogP contribution is -2.31. The second kappa shape index (κ2) is 7.30. The lowest BCUT2D eigenvalue weighted by molar-refractivity contribution is -0.127. The third-order valence-corrected chi connectivity index (χ3v) is 4.07. The summed E-state index contributed by atoms with van der Waals surface area (Å²) in [5.41, 5.74) is 1.89. The number of amides is 1. The first kappa shape index (κ1) is 16.2. The predicted octanol–water partition coefficient (Wildman–Crippen LogP) is 4.04. The molecule has 24 heavy (non-hydrogen) atoms. The third kappa shape index (κ3) is 4.22. The van der Waals surface area contributed by atoms with Gasteiger partial charge in [-0.3, -0.25) is 4.79 Å². The molecule has 0 unspecified atom stereocenters. The molecule has 1 amide bonds. The highest BCUT2D eigenvalue weighted by atomic mass is 19.1. The molecule has 0 atom stereocenters. The van der Waals surface area contributed by atoms with E-state index in [0.717, 1.165) is 29.7 Å². The first-order valence-corrected chi connectivity index (χ1v) is 8.03. The van der Waals surface area contributed by atoms with Gasteiger partial charge in [0.15, 0.2) is 0 Å². The molecule has 1 aliphatic rings. The maximum absolute atomic E-state index is 12.9. The Bertz CT molecular complexity index is 718. The maximum atomic E-state index is 12.9. The minimum atomic E-state index is -0.280. The van der Waals surface area contributed by atoms with Crippen molar-refractivity contribution in [2.45, 2.75) is 25.4 Å². The topological polar surface area (TPSA) is 29.5 Å². The Morgan fingerprint density at radius 1 is 1.17 bits per heavy atom. The molecular weight excluding hydrogens is 305 g/mol. The van der Waals surface area contributed by atoms with Gasteiger partial charge in [-0.1, -0.05) is 24.3 Å². The summed E-state index contributed by atoms with van der Waals surface area (Å²) in [5.74, 6) is 0.509. The second-order valence-electron chi connectivity index (χ2n) is 5.93. The van der Waals surface area contributed by atoms with Crippen molar-refractivity contribution < 1.29 is 13.9 Å². The van der Waals surface area contributed by atoms with Crippen molar-refractivity contribution >= 4 is 12.0 Å². The highest BCUT2D eigenvalue weighted by Gasteiger charge is 2.31. The van der Waals surface area contributed by atoms with Crippen LogP contribution in [0.3, 0.4) is 0 Å². The summed E-state index contributed by atoms with van der Waals surface area (Å²) in [6, 6.07) is 14.2. The third-order valence-electron chi connectivity index (χ3n) is 4.07. The van der Waals surface area contributed by atoms with Crippen molar-refractivity contribution in [3.63, 3.8) is 0 Å². The van der Waals surface area contributed by atoms with Gasteiger partial charge in [0, 0.05) is 18.7 Å². The van der Waals surface area contributed by atoms with Crippen LogP contribution in [0.5, 0.6) is 5.75 Å². The van der Waals surface area contributed by atoms with Gasteiger partial charge < -0.3 is 9.64 Å². The molecule has 4 heteroatoms. The lowest BCUT2D eigenvalue weighted by atomic mass is 10.2. The van der Waals surface area contributed by atoms with Crippen LogP contribution in [-0.4, -0.2) is 24.0 Å². The van der Waals surface area contributed by atoms with Gasteiger partial charge in [-0.15, -0.1) is 0 Å². The number of halogens is 1. The van der Waals surface area contributed by atoms with Gasteiger partial charge >= 0.3 is 0 Å². The van der Waals surface area contributed by atoms with Crippen LogP contribution in [0.4, 0.5) is 4.39 Å². The number of hydrogen-bond donors (Lipinski definition) is 0. The number of hydrogen-bond acceptors (Lipinski definition) is 2. The molecule has 1 saturated carbocycles. The fraction of sp³-hybridized carbons (Fsp3) is 0.250. The number of ether oxygens (including phenoxy) is 1. The summed E-state index contributed by atoms with van der Waals surface area (Å²) in [5, 5.41) is 0. The SMILES string of the molecule is COc1ccc(CN(C(=O)/C=C/c2ccc(F)cc2)C2CC2)cc1. The molecular formula is C20H20FNO2. The summed E-state index contributed by atoms with van der Waals surface area (Å²) < 4.78 is 18.1. The Balaban J connectivity index is 1.68. The molecule has 3 rings (SSSR count). The number of carbonyl (C=O) groups is 1. The smallest absolute Gasteiger partial charge is 0.247 e. The molecule has 0 spiro atoms. The van der Waals surface area contributed by atoms with E-state index in [0.29, 0.717) is 12.6 Å². The number of benzene rings is 2. The molecule has 2 aromatic carbocycles. The molecule has 1 aliphatic carbocycles. The zero-order valence-electron chi connectivity index (χ0n) is 13.6. The molecule has 3 nitrogen and oxygen atoms in total. The summed E-state index contributed by atoms with van der Waals surface area (Å²) in [4.78, 5) is 14.4. The van der Waals surface area contributed by atoms with Gasteiger partial charge in [-0.05, 0) is 54.3 Å². The molecule has 0 saturated heterocycles. The number of rotatable bonds is 6. The van der Waals surface area contributed by atoms with E-state index in [1.54, 1.807) is 31.4 Å². The standard InChI is InChI=1S/C20H20FNO2/c1-24-19-11-4-16(5-12-19)14-22(18-9-10-18)20(23)13-6-15-2-7-17(21)8-3-15/h2-8,11-13,18H,9-10,14H2,1H3/b13-6+. The fourth-order valence-corrected chi connectivity index (χ4v) is 2.54. The molecule has 0 N–H and O–H groups in total. The van der Waals surface area contributed by atoms with Crippen LogP contribution in [0, 0.1) is 5.82 Å². The number of carbonyl (C=O) groups excluding carboxylic acids is 1. The van der Waals surface area contributed by atoms with E-state index in [1.165, 1.54) is 12.1 Å². The van der Waals surface area contributed by atoms with Gasteiger partial charge in [0.1, 0.15) is 11.6 Å². The zero-order chi connectivity index (χ0) is 16.9. The first-order chi connectivity index (χ1) is 11.7. The van der Waals surface area contributed by atoms with E-state index in [4.69, 9.17) is 4.74 Å². The summed E-state index contributed by atoms with van der Waals surface area (Å²) in [7, 11) is 1.63. The van der Waals surface area contributed by atoms with E-state index < -0.39 is 0 Å². The van der Waals surface area contributed by atoms with Crippen molar-refractivity contribution in [3.8, 4) is 5.75 Å². The van der Waals surface area contributed by atoms with E-state index in [-0.39, 0.29) is 11.7 Å².